The quantitative estimate of drug-likeness (QED) is 0.222. The van der Waals surface area contributed by atoms with E-state index in [1.807, 2.05) is 4.90 Å². The molecule has 2 bridgehead atoms. The third kappa shape index (κ3) is 3.68. The van der Waals surface area contributed by atoms with Crippen molar-refractivity contribution in [3.05, 3.63) is 126 Å². The SMILES string of the molecule is O=C(OCC1c2ccccc2-c2ccccc21)N1C2C=C(c3c4ccccc4cc4ccccc34)CC1CCC2. The van der Waals surface area contributed by atoms with Crippen molar-refractivity contribution in [2.45, 2.75) is 43.7 Å². The van der Waals surface area contributed by atoms with Crippen LogP contribution in [-0.2, 0) is 4.74 Å². The fraction of sp³-hybridized carbons (Fsp3) is 0.216. The molecule has 3 aliphatic rings. The Labute approximate surface area is 234 Å². The molecule has 1 fully saturated rings. The first kappa shape index (κ1) is 23.5. The zero-order valence-corrected chi connectivity index (χ0v) is 22.4. The summed E-state index contributed by atoms with van der Waals surface area (Å²) in [5.74, 6) is 0.0779. The van der Waals surface area contributed by atoms with Crippen molar-refractivity contribution in [1.82, 2.24) is 4.90 Å². The van der Waals surface area contributed by atoms with Crippen molar-refractivity contribution in [2.24, 2.45) is 0 Å². The Bertz CT molecular complexity index is 1720. The maximum absolute atomic E-state index is 13.7. The minimum atomic E-state index is -0.172. The van der Waals surface area contributed by atoms with Gasteiger partial charge in [-0.1, -0.05) is 103 Å². The van der Waals surface area contributed by atoms with Gasteiger partial charge in [0.05, 0.1) is 6.04 Å². The Morgan fingerprint density at radius 3 is 2.00 bits per heavy atom. The predicted octanol–water partition coefficient (Wildman–Crippen LogP) is 8.95. The van der Waals surface area contributed by atoms with Crippen LogP contribution in [0.2, 0.25) is 0 Å². The number of nitrogens with zero attached hydrogens (tertiary/aromatic N) is 1. The Morgan fingerprint density at radius 2 is 1.35 bits per heavy atom. The summed E-state index contributed by atoms with van der Waals surface area (Å²) in [6.45, 7) is 0.368. The van der Waals surface area contributed by atoms with E-state index in [-0.39, 0.29) is 24.1 Å². The topological polar surface area (TPSA) is 29.5 Å². The Morgan fingerprint density at radius 1 is 0.750 bits per heavy atom. The molecule has 0 saturated carbocycles. The van der Waals surface area contributed by atoms with Crippen LogP contribution in [0.15, 0.2) is 109 Å². The van der Waals surface area contributed by atoms with Crippen molar-refractivity contribution in [3.8, 4) is 11.1 Å². The molecule has 2 aliphatic heterocycles. The third-order valence-electron chi connectivity index (χ3n) is 9.28. The lowest BCUT2D eigenvalue weighted by molar-refractivity contribution is 0.0539. The number of rotatable bonds is 3. The van der Waals surface area contributed by atoms with Crippen LogP contribution < -0.4 is 0 Å². The highest BCUT2D eigenvalue weighted by Gasteiger charge is 2.39. The highest BCUT2D eigenvalue weighted by molar-refractivity contribution is 6.09. The van der Waals surface area contributed by atoms with Crippen LogP contribution in [0.25, 0.3) is 38.2 Å². The first-order chi connectivity index (χ1) is 19.8. The van der Waals surface area contributed by atoms with Crippen molar-refractivity contribution in [3.63, 3.8) is 0 Å². The Kier molecular flexibility index (Phi) is 5.51. The molecule has 0 N–H and O–H groups in total. The number of ether oxygens (including phenoxy) is 1. The van der Waals surface area contributed by atoms with Gasteiger partial charge in [-0.15, -0.1) is 0 Å². The number of hydrogen-bond donors (Lipinski definition) is 0. The number of fused-ring (bicyclic) bond motifs is 7. The molecule has 2 unspecified atom stereocenters. The average molecular weight is 522 g/mol. The van der Waals surface area contributed by atoms with E-state index in [0.717, 1.165) is 25.7 Å². The first-order valence-electron chi connectivity index (χ1n) is 14.5. The summed E-state index contributed by atoms with van der Waals surface area (Å²) < 4.78 is 6.15. The van der Waals surface area contributed by atoms with E-state index >= 15 is 0 Å². The molecule has 1 aliphatic carbocycles. The van der Waals surface area contributed by atoms with Gasteiger partial charge >= 0.3 is 6.09 Å². The molecule has 1 amide bonds. The molecule has 2 atom stereocenters. The second-order valence-corrected chi connectivity index (χ2v) is 11.5. The standard InChI is InChI=1S/C37H31NO2/c39-37(40-23-35-33-18-7-5-16-31(33)32-17-6-8-19-34(32)35)38-27-12-9-13-28(38)22-26(21-27)36-29-14-3-1-10-24(29)20-25-11-2-4-15-30(25)36/h1-8,10-11,14-21,27-28,35H,9,12-13,22-23H2. The lowest BCUT2D eigenvalue weighted by atomic mass is 9.80. The van der Waals surface area contributed by atoms with Gasteiger partial charge in [0.1, 0.15) is 6.61 Å². The molecule has 5 aromatic rings. The summed E-state index contributed by atoms with van der Waals surface area (Å²) in [4.78, 5) is 15.8. The fourth-order valence-corrected chi connectivity index (χ4v) is 7.53. The minimum absolute atomic E-state index is 0.0656. The molecule has 2 heterocycles. The molecular formula is C37H31NO2. The molecule has 0 radical (unpaired) electrons. The number of carbonyl (C=O) groups is 1. The minimum Gasteiger partial charge on any atom is -0.448 e. The van der Waals surface area contributed by atoms with E-state index < -0.39 is 0 Å². The molecule has 0 aromatic heterocycles. The molecule has 1 saturated heterocycles. The summed E-state index contributed by atoms with van der Waals surface area (Å²) in [7, 11) is 0. The zero-order chi connectivity index (χ0) is 26.6. The van der Waals surface area contributed by atoms with Crippen molar-refractivity contribution in [2.75, 3.05) is 6.61 Å². The van der Waals surface area contributed by atoms with Gasteiger partial charge in [0.2, 0.25) is 0 Å². The maximum atomic E-state index is 13.7. The van der Waals surface area contributed by atoms with Crippen LogP contribution in [0.3, 0.4) is 0 Å². The lowest BCUT2D eigenvalue weighted by Gasteiger charge is -2.44. The van der Waals surface area contributed by atoms with E-state index in [2.05, 4.69) is 109 Å². The van der Waals surface area contributed by atoms with Crippen LogP contribution in [0.5, 0.6) is 0 Å². The van der Waals surface area contributed by atoms with Gasteiger partial charge in [0.25, 0.3) is 0 Å². The van der Waals surface area contributed by atoms with E-state index in [1.54, 1.807) is 0 Å². The van der Waals surface area contributed by atoms with Gasteiger partial charge < -0.3 is 4.74 Å². The summed E-state index contributed by atoms with van der Waals surface area (Å²) in [5, 5.41) is 5.11. The van der Waals surface area contributed by atoms with Crippen LogP contribution >= 0.6 is 0 Å². The van der Waals surface area contributed by atoms with Gasteiger partial charge in [-0.25, -0.2) is 4.79 Å². The number of piperidine rings is 1. The smallest absolute Gasteiger partial charge is 0.410 e. The maximum Gasteiger partial charge on any atom is 0.410 e. The molecule has 196 valence electrons. The molecule has 3 heteroatoms. The van der Waals surface area contributed by atoms with E-state index in [9.17, 15) is 4.79 Å². The van der Waals surface area contributed by atoms with E-state index in [4.69, 9.17) is 4.74 Å². The number of amides is 1. The predicted molar refractivity (Wildman–Crippen MR) is 162 cm³/mol. The molecule has 3 nitrogen and oxygen atoms in total. The molecule has 5 aromatic carbocycles. The monoisotopic (exact) mass is 521 g/mol. The van der Waals surface area contributed by atoms with Crippen molar-refractivity contribution in [1.29, 1.82) is 0 Å². The van der Waals surface area contributed by atoms with Gasteiger partial charge in [0, 0.05) is 12.0 Å². The van der Waals surface area contributed by atoms with Gasteiger partial charge in [0.15, 0.2) is 0 Å². The van der Waals surface area contributed by atoms with Gasteiger partial charge in [-0.2, -0.15) is 0 Å². The van der Waals surface area contributed by atoms with Crippen molar-refractivity contribution < 1.29 is 9.53 Å². The van der Waals surface area contributed by atoms with Gasteiger partial charge in [-0.3, -0.25) is 4.90 Å². The number of hydrogen-bond acceptors (Lipinski definition) is 2. The third-order valence-corrected chi connectivity index (χ3v) is 9.28. The lowest BCUT2D eigenvalue weighted by Crippen LogP contribution is -2.51. The average Bonchev–Trinajstić information content (AvgIpc) is 3.31. The summed E-state index contributed by atoms with van der Waals surface area (Å²) >= 11 is 0. The largest absolute Gasteiger partial charge is 0.448 e. The number of carbonyl (C=O) groups excluding carboxylic acids is 1. The highest BCUT2D eigenvalue weighted by atomic mass is 16.6. The molecular weight excluding hydrogens is 490 g/mol. The van der Waals surface area contributed by atoms with Crippen molar-refractivity contribution >= 4 is 33.2 Å². The second kappa shape index (κ2) is 9.38. The van der Waals surface area contributed by atoms with Crippen LogP contribution in [-0.4, -0.2) is 29.7 Å². The van der Waals surface area contributed by atoms with Gasteiger partial charge in [-0.05, 0) is 86.7 Å². The highest BCUT2D eigenvalue weighted by Crippen LogP contribution is 2.45. The van der Waals surface area contributed by atoms with E-state index in [0.29, 0.717) is 6.61 Å². The Hall–Kier alpha value is -4.37. The summed E-state index contributed by atoms with van der Waals surface area (Å²) in [6.07, 6.45) is 6.19. The van der Waals surface area contributed by atoms with Crippen LogP contribution in [0, 0.1) is 0 Å². The first-order valence-corrected chi connectivity index (χ1v) is 14.5. The second-order valence-electron chi connectivity index (χ2n) is 11.5. The van der Waals surface area contributed by atoms with Crippen LogP contribution in [0.1, 0.15) is 48.3 Å². The molecule has 8 rings (SSSR count). The van der Waals surface area contributed by atoms with E-state index in [1.165, 1.54) is 54.9 Å². The fourth-order valence-electron chi connectivity index (χ4n) is 7.53. The number of benzene rings is 5. The van der Waals surface area contributed by atoms with Crippen LogP contribution in [0.4, 0.5) is 4.79 Å². The molecule has 0 spiro atoms. The summed E-state index contributed by atoms with van der Waals surface area (Å²) in [6, 6.07) is 36.9. The Balaban J connectivity index is 1.11. The summed E-state index contributed by atoms with van der Waals surface area (Å²) in [5.41, 5.74) is 7.71. The normalized spacial score (nSPS) is 19.8. The zero-order valence-electron chi connectivity index (χ0n) is 22.4. The molecule has 40 heavy (non-hydrogen) atoms.